The fraction of sp³-hybridized carbons (Fsp3) is 0.636. The molecule has 0 bridgehead atoms. The molecule has 7 nitrogen and oxygen atoms in total. The highest BCUT2D eigenvalue weighted by Crippen LogP contribution is 2.18. The molecule has 1 N–H and O–H groups in total. The van der Waals surface area contributed by atoms with E-state index < -0.39 is 0 Å². The van der Waals surface area contributed by atoms with Crippen molar-refractivity contribution >= 4 is 11.9 Å². The molecule has 1 aliphatic heterocycles. The van der Waals surface area contributed by atoms with E-state index in [9.17, 15) is 4.79 Å². The highest BCUT2D eigenvalue weighted by Gasteiger charge is 2.26. The minimum Gasteiger partial charge on any atom is -0.497 e. The number of hydrogen-bond donors (Lipinski definition) is 1. The van der Waals surface area contributed by atoms with Gasteiger partial charge in [-0.25, -0.2) is 4.99 Å². The summed E-state index contributed by atoms with van der Waals surface area (Å²) in [5.74, 6) is 2.33. The number of amides is 1. The third-order valence-corrected chi connectivity index (χ3v) is 5.46. The summed E-state index contributed by atoms with van der Waals surface area (Å²) in [4.78, 5) is 23.3. The maximum atomic E-state index is 12.1. The van der Waals surface area contributed by atoms with E-state index in [2.05, 4.69) is 29.0 Å². The molecule has 1 unspecified atom stereocenters. The molecule has 1 amide bonds. The standard InChI is InChI=1S/C22H37N5O2/c1-6-26(7-2)16-19-12-13-27(17-19)22(24-15-21(28)25(3)4)23-14-18-8-10-20(29-5)11-9-18/h8-11,19H,6-7,12-17H2,1-5H3,(H,23,24). The van der Waals surface area contributed by atoms with Crippen LogP contribution in [-0.4, -0.2) is 87.0 Å². The van der Waals surface area contributed by atoms with Gasteiger partial charge in [0.05, 0.1) is 20.2 Å². The van der Waals surface area contributed by atoms with Crippen LogP contribution >= 0.6 is 0 Å². The zero-order chi connectivity index (χ0) is 21.2. The summed E-state index contributed by atoms with van der Waals surface area (Å²) in [7, 11) is 5.21. The van der Waals surface area contributed by atoms with E-state index in [4.69, 9.17) is 9.73 Å². The zero-order valence-corrected chi connectivity index (χ0v) is 18.6. The third kappa shape index (κ3) is 7.24. The van der Waals surface area contributed by atoms with Crippen molar-refractivity contribution in [1.82, 2.24) is 20.0 Å². The molecule has 0 spiro atoms. The molecule has 29 heavy (non-hydrogen) atoms. The summed E-state index contributed by atoms with van der Waals surface area (Å²) in [6, 6.07) is 7.95. The van der Waals surface area contributed by atoms with Gasteiger partial charge in [0.2, 0.25) is 5.91 Å². The van der Waals surface area contributed by atoms with Crippen LogP contribution in [0.15, 0.2) is 29.3 Å². The lowest BCUT2D eigenvalue weighted by atomic mass is 10.1. The second kappa shape index (κ2) is 11.7. The van der Waals surface area contributed by atoms with Crippen molar-refractivity contribution in [3.05, 3.63) is 29.8 Å². The Kier molecular flexibility index (Phi) is 9.25. The second-order valence-corrected chi connectivity index (χ2v) is 7.72. The first kappa shape index (κ1) is 23.0. The molecule has 7 heteroatoms. The van der Waals surface area contributed by atoms with Gasteiger partial charge in [-0.3, -0.25) is 4.79 Å². The molecule has 0 aromatic heterocycles. The number of nitrogens with zero attached hydrogens (tertiary/aromatic N) is 4. The smallest absolute Gasteiger partial charge is 0.241 e. The Morgan fingerprint density at radius 1 is 1.24 bits per heavy atom. The highest BCUT2D eigenvalue weighted by molar-refractivity contribution is 5.86. The third-order valence-electron chi connectivity index (χ3n) is 5.46. The highest BCUT2D eigenvalue weighted by atomic mass is 16.5. The minimum absolute atomic E-state index is 0.0426. The Balaban J connectivity index is 2.04. The number of carbonyl (C=O) groups excluding carboxylic acids is 1. The van der Waals surface area contributed by atoms with Crippen LogP contribution in [0.5, 0.6) is 5.75 Å². The molecule has 1 aromatic carbocycles. The topological polar surface area (TPSA) is 60.4 Å². The molecular formula is C22H37N5O2. The second-order valence-electron chi connectivity index (χ2n) is 7.72. The van der Waals surface area contributed by atoms with Gasteiger partial charge in [0.25, 0.3) is 0 Å². The van der Waals surface area contributed by atoms with E-state index in [-0.39, 0.29) is 12.5 Å². The predicted octanol–water partition coefficient (Wildman–Crippen LogP) is 1.89. The van der Waals surface area contributed by atoms with Gasteiger partial charge in [0.1, 0.15) is 5.75 Å². The number of hydrogen-bond acceptors (Lipinski definition) is 4. The molecular weight excluding hydrogens is 366 g/mol. The Bertz CT molecular complexity index is 656. The van der Waals surface area contributed by atoms with Crippen LogP contribution < -0.4 is 10.1 Å². The molecule has 1 aromatic rings. The Morgan fingerprint density at radius 3 is 2.52 bits per heavy atom. The molecule has 0 saturated carbocycles. The van der Waals surface area contributed by atoms with Gasteiger partial charge in [-0.15, -0.1) is 0 Å². The normalized spacial score (nSPS) is 17.0. The van der Waals surface area contributed by atoms with E-state index in [1.807, 2.05) is 24.3 Å². The van der Waals surface area contributed by atoms with Crippen LogP contribution in [-0.2, 0) is 11.3 Å². The number of aliphatic imine (C=N–C) groups is 1. The van der Waals surface area contributed by atoms with Crippen molar-refractivity contribution in [3.63, 3.8) is 0 Å². The largest absolute Gasteiger partial charge is 0.497 e. The quantitative estimate of drug-likeness (QED) is 0.504. The zero-order valence-electron chi connectivity index (χ0n) is 18.6. The van der Waals surface area contributed by atoms with Gasteiger partial charge >= 0.3 is 0 Å². The maximum Gasteiger partial charge on any atom is 0.241 e. The van der Waals surface area contributed by atoms with E-state index in [1.54, 1.807) is 26.1 Å². The monoisotopic (exact) mass is 403 g/mol. The van der Waals surface area contributed by atoms with E-state index in [0.717, 1.165) is 56.4 Å². The summed E-state index contributed by atoms with van der Waals surface area (Å²) < 4.78 is 5.22. The summed E-state index contributed by atoms with van der Waals surface area (Å²) in [6.45, 7) is 10.5. The van der Waals surface area contributed by atoms with E-state index in [0.29, 0.717) is 12.5 Å². The first-order chi connectivity index (χ1) is 14.0. The maximum absolute atomic E-state index is 12.1. The van der Waals surface area contributed by atoms with Crippen LogP contribution in [0.4, 0.5) is 0 Å². The summed E-state index contributed by atoms with van der Waals surface area (Å²) in [5.41, 5.74) is 1.11. The van der Waals surface area contributed by atoms with Crippen molar-refractivity contribution in [2.45, 2.75) is 26.8 Å². The number of carbonyl (C=O) groups is 1. The molecule has 2 rings (SSSR count). The molecule has 162 valence electrons. The van der Waals surface area contributed by atoms with E-state index in [1.165, 1.54) is 0 Å². The molecule has 1 heterocycles. The van der Waals surface area contributed by atoms with Gasteiger partial charge in [0, 0.05) is 33.7 Å². The predicted molar refractivity (Wildman–Crippen MR) is 118 cm³/mol. The van der Waals surface area contributed by atoms with Gasteiger partial charge in [0.15, 0.2) is 5.96 Å². The van der Waals surface area contributed by atoms with Crippen LogP contribution in [0.25, 0.3) is 0 Å². The van der Waals surface area contributed by atoms with Gasteiger partial charge < -0.3 is 24.8 Å². The van der Waals surface area contributed by atoms with Crippen molar-refractivity contribution in [2.75, 3.05) is 60.5 Å². The van der Waals surface area contributed by atoms with E-state index >= 15 is 0 Å². The Labute approximate surface area is 175 Å². The molecule has 1 saturated heterocycles. The molecule has 1 atom stereocenters. The molecule has 0 aliphatic carbocycles. The first-order valence-electron chi connectivity index (χ1n) is 10.6. The molecule has 1 aliphatic rings. The first-order valence-corrected chi connectivity index (χ1v) is 10.6. The summed E-state index contributed by atoms with van der Waals surface area (Å²) >= 11 is 0. The summed E-state index contributed by atoms with van der Waals surface area (Å²) in [6.07, 6.45) is 1.15. The van der Waals surface area contributed by atoms with Crippen molar-refractivity contribution in [2.24, 2.45) is 10.9 Å². The van der Waals surface area contributed by atoms with Crippen LogP contribution in [0, 0.1) is 5.92 Å². The SMILES string of the molecule is CCN(CC)CC1CCN(C(=NCc2ccc(OC)cc2)NCC(=O)N(C)C)C1. The lowest BCUT2D eigenvalue weighted by Gasteiger charge is -2.25. The molecule has 0 radical (unpaired) electrons. The average molecular weight is 404 g/mol. The average Bonchev–Trinajstić information content (AvgIpc) is 3.20. The lowest BCUT2D eigenvalue weighted by Crippen LogP contribution is -2.45. The number of guanidine groups is 1. The summed E-state index contributed by atoms with van der Waals surface area (Å²) in [5, 5.41) is 3.28. The van der Waals surface area contributed by atoms with Gasteiger partial charge in [-0.05, 0) is 43.1 Å². The van der Waals surface area contributed by atoms with Gasteiger partial charge in [-0.2, -0.15) is 0 Å². The lowest BCUT2D eigenvalue weighted by molar-refractivity contribution is -0.127. The number of methoxy groups -OCH3 is 1. The fourth-order valence-electron chi connectivity index (χ4n) is 3.50. The van der Waals surface area contributed by atoms with Crippen molar-refractivity contribution in [3.8, 4) is 5.75 Å². The number of likely N-dealkylation sites (tertiary alicyclic amines) is 1. The number of likely N-dealkylation sites (N-methyl/N-ethyl adjacent to an activating group) is 1. The van der Waals surface area contributed by atoms with Crippen LogP contribution in [0.2, 0.25) is 0 Å². The minimum atomic E-state index is 0.0426. The Morgan fingerprint density at radius 2 is 1.93 bits per heavy atom. The fourth-order valence-corrected chi connectivity index (χ4v) is 3.50. The van der Waals surface area contributed by atoms with Crippen molar-refractivity contribution in [1.29, 1.82) is 0 Å². The van der Waals surface area contributed by atoms with Crippen LogP contribution in [0.3, 0.4) is 0 Å². The van der Waals surface area contributed by atoms with Gasteiger partial charge in [-0.1, -0.05) is 26.0 Å². The number of ether oxygens (including phenoxy) is 1. The Hall–Kier alpha value is -2.28. The van der Waals surface area contributed by atoms with Crippen LogP contribution in [0.1, 0.15) is 25.8 Å². The van der Waals surface area contributed by atoms with Crippen molar-refractivity contribution < 1.29 is 9.53 Å². The number of benzene rings is 1. The number of nitrogens with one attached hydrogen (secondary N) is 1. The molecule has 1 fully saturated rings. The number of rotatable bonds is 9.